The highest BCUT2D eigenvalue weighted by atomic mass is 32.1. The smallest absolute Gasteiger partial charge is 0.0547 e. The van der Waals surface area contributed by atoms with Gasteiger partial charge in [-0.15, -0.1) is 11.3 Å². The minimum Gasteiger partial charge on any atom is -0.310 e. The molecule has 0 saturated carbocycles. The fraction of sp³-hybridized carbons (Fsp3) is 0. The number of hydrogen-bond acceptors (Lipinski definition) is 2. The van der Waals surface area contributed by atoms with Crippen LogP contribution in [0.25, 0.3) is 80.3 Å². The Morgan fingerprint density at radius 1 is 0.377 bits per heavy atom. The predicted molar refractivity (Wildman–Crippen MR) is 229 cm³/mol. The Morgan fingerprint density at radius 2 is 0.981 bits per heavy atom. The Kier molecular flexibility index (Phi) is 6.76. The molecule has 53 heavy (non-hydrogen) atoms. The van der Waals surface area contributed by atoms with Gasteiger partial charge in [-0.2, -0.15) is 0 Å². The molecule has 0 aliphatic carbocycles. The number of nitrogens with zero attached hydrogens (tertiary/aromatic N) is 2. The van der Waals surface area contributed by atoms with E-state index in [1.165, 1.54) is 74.6 Å². The molecule has 3 heteroatoms. The van der Waals surface area contributed by atoms with Gasteiger partial charge >= 0.3 is 0 Å². The lowest BCUT2D eigenvalue weighted by Gasteiger charge is -2.26. The standard InChI is InChI=1S/C50H32N2S/c1-3-13-40-33(10-1)12-9-17-41(40)35-20-23-36(24-21-35)51(39-29-30-44-43-15-6-8-19-48(43)53-49(44)32-39)37-25-27-38(28-26-37)52-46-18-7-5-16-45(46)50-42-14-4-2-11-34(42)22-31-47(50)52/h1-32H. The van der Waals surface area contributed by atoms with Gasteiger partial charge in [0.15, 0.2) is 0 Å². The maximum Gasteiger partial charge on any atom is 0.0547 e. The molecule has 2 nitrogen and oxygen atoms in total. The van der Waals surface area contributed by atoms with Gasteiger partial charge in [0.2, 0.25) is 0 Å². The van der Waals surface area contributed by atoms with Crippen molar-refractivity contribution in [3.05, 3.63) is 194 Å². The lowest BCUT2D eigenvalue weighted by molar-refractivity contribution is 1.17. The molecule has 9 aromatic carbocycles. The van der Waals surface area contributed by atoms with Crippen molar-refractivity contribution in [3.8, 4) is 16.8 Å². The molecule has 248 valence electrons. The van der Waals surface area contributed by atoms with Crippen LogP contribution >= 0.6 is 11.3 Å². The van der Waals surface area contributed by atoms with Gasteiger partial charge in [0.05, 0.1) is 11.0 Å². The number of benzene rings is 9. The normalized spacial score (nSPS) is 11.8. The SMILES string of the molecule is c1ccc2c(-c3ccc(N(c4ccc(-n5c6ccccc6c6c7ccccc7ccc65)cc4)c4ccc5c(c4)sc4ccccc45)cc3)cccc2c1. The van der Waals surface area contributed by atoms with Gasteiger partial charge < -0.3 is 9.47 Å². The van der Waals surface area contributed by atoms with Gasteiger partial charge in [0.25, 0.3) is 0 Å². The molecule has 0 radical (unpaired) electrons. The number of fused-ring (bicyclic) bond motifs is 9. The van der Waals surface area contributed by atoms with Crippen molar-refractivity contribution < 1.29 is 0 Å². The number of hydrogen-bond donors (Lipinski definition) is 0. The molecule has 0 spiro atoms. The summed E-state index contributed by atoms with van der Waals surface area (Å²) in [6.45, 7) is 0. The van der Waals surface area contributed by atoms with Crippen molar-refractivity contribution in [2.24, 2.45) is 0 Å². The molecule has 0 saturated heterocycles. The van der Waals surface area contributed by atoms with E-state index in [4.69, 9.17) is 0 Å². The quantitative estimate of drug-likeness (QED) is 0.174. The van der Waals surface area contributed by atoms with Crippen LogP contribution in [0.1, 0.15) is 0 Å². The van der Waals surface area contributed by atoms with E-state index in [-0.39, 0.29) is 0 Å². The van der Waals surface area contributed by atoms with Gasteiger partial charge in [0, 0.05) is 53.7 Å². The van der Waals surface area contributed by atoms with Crippen LogP contribution in [0, 0.1) is 0 Å². The Labute approximate surface area is 311 Å². The number of para-hydroxylation sites is 1. The summed E-state index contributed by atoms with van der Waals surface area (Å²) in [5.74, 6) is 0. The second kappa shape index (κ2) is 11.9. The topological polar surface area (TPSA) is 8.17 Å². The maximum absolute atomic E-state index is 2.41. The molecule has 0 N–H and O–H groups in total. The lowest BCUT2D eigenvalue weighted by Crippen LogP contribution is -2.10. The Bertz CT molecular complexity index is 3160. The van der Waals surface area contributed by atoms with Crippen molar-refractivity contribution in [3.63, 3.8) is 0 Å². The molecule has 0 amide bonds. The summed E-state index contributed by atoms with van der Waals surface area (Å²) in [5, 5.41) is 10.2. The summed E-state index contributed by atoms with van der Waals surface area (Å²) in [6, 6.07) is 70.9. The third-order valence-corrected chi connectivity index (χ3v) is 11.9. The summed E-state index contributed by atoms with van der Waals surface area (Å²) >= 11 is 1.86. The number of aromatic nitrogens is 1. The Morgan fingerprint density at radius 3 is 1.79 bits per heavy atom. The first-order valence-electron chi connectivity index (χ1n) is 18.1. The van der Waals surface area contributed by atoms with E-state index in [2.05, 4.69) is 204 Å². The zero-order chi connectivity index (χ0) is 34.9. The molecule has 0 fully saturated rings. The van der Waals surface area contributed by atoms with E-state index in [1.807, 2.05) is 11.3 Å². The minimum absolute atomic E-state index is 1.11. The zero-order valence-electron chi connectivity index (χ0n) is 28.8. The molecular formula is C50H32N2S. The van der Waals surface area contributed by atoms with Crippen LogP contribution in [-0.4, -0.2) is 4.57 Å². The summed E-state index contributed by atoms with van der Waals surface area (Å²) < 4.78 is 5.01. The van der Waals surface area contributed by atoms with E-state index in [9.17, 15) is 0 Å². The van der Waals surface area contributed by atoms with Crippen LogP contribution in [0.5, 0.6) is 0 Å². The highest BCUT2D eigenvalue weighted by Crippen LogP contribution is 2.42. The first-order valence-corrected chi connectivity index (χ1v) is 18.9. The first kappa shape index (κ1) is 30.0. The van der Waals surface area contributed by atoms with Crippen LogP contribution in [0.15, 0.2) is 194 Å². The average Bonchev–Trinajstić information content (AvgIpc) is 3.77. The van der Waals surface area contributed by atoms with E-state index in [0.29, 0.717) is 0 Å². The highest BCUT2D eigenvalue weighted by Gasteiger charge is 2.18. The highest BCUT2D eigenvalue weighted by molar-refractivity contribution is 7.25. The third kappa shape index (κ3) is 4.78. The molecule has 0 aliphatic rings. The summed E-state index contributed by atoms with van der Waals surface area (Å²) in [4.78, 5) is 2.39. The Balaban J connectivity index is 1.06. The van der Waals surface area contributed by atoms with E-state index >= 15 is 0 Å². The van der Waals surface area contributed by atoms with Crippen LogP contribution in [0.4, 0.5) is 17.1 Å². The van der Waals surface area contributed by atoms with Gasteiger partial charge in [-0.05, 0) is 99.4 Å². The van der Waals surface area contributed by atoms with Crippen molar-refractivity contribution in [2.45, 2.75) is 0 Å². The molecule has 0 unspecified atom stereocenters. The largest absolute Gasteiger partial charge is 0.310 e. The maximum atomic E-state index is 2.41. The molecule has 2 aromatic heterocycles. The summed E-state index contributed by atoms with van der Waals surface area (Å²) in [7, 11) is 0. The van der Waals surface area contributed by atoms with Gasteiger partial charge in [-0.3, -0.25) is 0 Å². The van der Waals surface area contributed by atoms with E-state index in [1.54, 1.807) is 0 Å². The van der Waals surface area contributed by atoms with E-state index in [0.717, 1.165) is 22.7 Å². The van der Waals surface area contributed by atoms with Crippen molar-refractivity contribution in [2.75, 3.05) is 4.90 Å². The molecule has 11 aromatic rings. The van der Waals surface area contributed by atoms with Crippen LogP contribution in [0.2, 0.25) is 0 Å². The van der Waals surface area contributed by atoms with Gasteiger partial charge in [-0.25, -0.2) is 0 Å². The zero-order valence-corrected chi connectivity index (χ0v) is 29.6. The number of anilines is 3. The summed E-state index contributed by atoms with van der Waals surface area (Å²) in [6.07, 6.45) is 0. The second-order valence-electron chi connectivity index (χ2n) is 13.7. The molecule has 0 bridgehead atoms. The number of rotatable bonds is 5. The second-order valence-corrected chi connectivity index (χ2v) is 14.8. The predicted octanol–water partition coefficient (Wildman–Crippen LogP) is 14.6. The lowest BCUT2D eigenvalue weighted by atomic mass is 9.98. The number of thiophene rings is 1. The molecule has 0 atom stereocenters. The summed E-state index contributed by atoms with van der Waals surface area (Å²) in [5.41, 5.74) is 9.38. The van der Waals surface area contributed by atoms with Crippen LogP contribution < -0.4 is 4.90 Å². The Hall–Kier alpha value is -6.68. The van der Waals surface area contributed by atoms with Crippen molar-refractivity contribution >= 4 is 91.9 Å². The van der Waals surface area contributed by atoms with Crippen LogP contribution in [-0.2, 0) is 0 Å². The van der Waals surface area contributed by atoms with Gasteiger partial charge in [0.1, 0.15) is 0 Å². The fourth-order valence-electron chi connectivity index (χ4n) is 8.34. The average molecular weight is 693 g/mol. The fourth-order valence-corrected chi connectivity index (χ4v) is 9.48. The first-order chi connectivity index (χ1) is 26.3. The molecule has 11 rings (SSSR count). The van der Waals surface area contributed by atoms with E-state index < -0.39 is 0 Å². The third-order valence-electron chi connectivity index (χ3n) is 10.8. The molecule has 0 aliphatic heterocycles. The van der Waals surface area contributed by atoms with Crippen molar-refractivity contribution in [1.82, 2.24) is 4.57 Å². The monoisotopic (exact) mass is 692 g/mol. The molecule has 2 heterocycles. The molecular weight excluding hydrogens is 661 g/mol. The van der Waals surface area contributed by atoms with Crippen molar-refractivity contribution in [1.29, 1.82) is 0 Å². The van der Waals surface area contributed by atoms with Gasteiger partial charge in [-0.1, -0.05) is 127 Å². The van der Waals surface area contributed by atoms with Crippen LogP contribution in [0.3, 0.4) is 0 Å². The minimum atomic E-state index is 1.11.